The normalized spacial score (nSPS) is 15.2. The van der Waals surface area contributed by atoms with Crippen LogP contribution in [0, 0.1) is 0 Å². The van der Waals surface area contributed by atoms with Crippen LogP contribution in [-0.4, -0.2) is 56.9 Å². The third kappa shape index (κ3) is 19.1. The third-order valence-corrected chi connectivity index (χ3v) is 5.51. The summed E-state index contributed by atoms with van der Waals surface area (Å²) in [4.78, 5) is 11.3. The van der Waals surface area contributed by atoms with Crippen molar-refractivity contribution in [2.45, 2.75) is 90.1 Å². The second-order valence-corrected chi connectivity index (χ2v) is 9.15. The molecule has 164 valence electrons. The molecule has 2 atom stereocenters. The third-order valence-electron chi connectivity index (χ3n) is 4.57. The van der Waals surface area contributed by atoms with Gasteiger partial charge in [-0.1, -0.05) is 77.6 Å². The first-order valence-electron chi connectivity index (χ1n) is 10.7. The fraction of sp³-hybridized carbons (Fsp3) is 1.00. The summed E-state index contributed by atoms with van der Waals surface area (Å²) in [6, 6.07) is 0. The summed E-state index contributed by atoms with van der Waals surface area (Å²) in [7, 11) is 1.10. The molecule has 0 saturated heterocycles. The minimum absolute atomic E-state index is 0.0536. The van der Waals surface area contributed by atoms with Crippen LogP contribution >= 0.6 is 7.82 Å². The minimum Gasteiger partial charge on any atom is -0.374 e. The first kappa shape index (κ1) is 27.0. The average Bonchev–Trinajstić information content (AvgIpc) is 2.63. The lowest BCUT2D eigenvalue weighted by molar-refractivity contribution is -0.00390. The van der Waals surface area contributed by atoms with Crippen LogP contribution in [-0.2, 0) is 18.3 Å². The lowest BCUT2D eigenvalue weighted by atomic mass is 10.1. The fourth-order valence-corrected chi connectivity index (χ4v) is 3.44. The van der Waals surface area contributed by atoms with E-state index < -0.39 is 7.82 Å². The van der Waals surface area contributed by atoms with Crippen LogP contribution in [0.25, 0.3) is 0 Å². The van der Waals surface area contributed by atoms with Crippen LogP contribution < -0.4 is 0 Å². The maximum absolute atomic E-state index is 11.4. The first-order valence-corrected chi connectivity index (χ1v) is 12.2. The van der Waals surface area contributed by atoms with Gasteiger partial charge in [0.1, 0.15) is 0 Å². The van der Waals surface area contributed by atoms with Gasteiger partial charge in [0.15, 0.2) is 0 Å². The fourth-order valence-electron chi connectivity index (χ4n) is 2.98. The quantitative estimate of drug-likeness (QED) is 0.215. The summed E-state index contributed by atoms with van der Waals surface area (Å²) in [6.07, 6.45) is 15.5. The van der Waals surface area contributed by atoms with Crippen molar-refractivity contribution in [2.24, 2.45) is 0 Å². The zero-order valence-corrected chi connectivity index (χ0v) is 19.1. The Balaban J connectivity index is 3.61. The van der Waals surface area contributed by atoms with Crippen molar-refractivity contribution in [3.05, 3.63) is 0 Å². The van der Waals surface area contributed by atoms with Crippen LogP contribution in [0.4, 0.5) is 0 Å². The number of rotatable bonds is 20. The van der Waals surface area contributed by atoms with Gasteiger partial charge >= 0.3 is 7.82 Å². The van der Waals surface area contributed by atoms with E-state index in [0.717, 1.165) is 13.5 Å². The summed E-state index contributed by atoms with van der Waals surface area (Å²) in [5.41, 5.74) is 0. The number of likely N-dealkylation sites (N-methyl/N-ethyl adjacent to an activating group) is 1. The van der Waals surface area contributed by atoms with E-state index in [1.807, 2.05) is 19.0 Å². The molecule has 7 heteroatoms. The molecule has 0 aliphatic rings. The van der Waals surface area contributed by atoms with Gasteiger partial charge in [0.2, 0.25) is 0 Å². The highest BCUT2D eigenvalue weighted by Gasteiger charge is 2.22. The van der Waals surface area contributed by atoms with Crippen molar-refractivity contribution in [2.75, 3.05) is 41.0 Å². The Bertz CT molecular complexity index is 368. The molecule has 0 fully saturated rings. The lowest BCUT2D eigenvalue weighted by Gasteiger charge is -2.22. The van der Waals surface area contributed by atoms with Crippen LogP contribution in [0.5, 0.6) is 0 Å². The molecule has 0 aromatic heterocycles. The van der Waals surface area contributed by atoms with E-state index in [1.165, 1.54) is 70.6 Å². The summed E-state index contributed by atoms with van der Waals surface area (Å²) in [5.74, 6) is 0. The van der Waals surface area contributed by atoms with E-state index in [1.54, 1.807) is 0 Å². The van der Waals surface area contributed by atoms with Crippen LogP contribution in [0.3, 0.4) is 0 Å². The molecule has 0 rings (SSSR count). The zero-order chi connectivity index (χ0) is 20.4. The first-order chi connectivity index (χ1) is 12.9. The van der Waals surface area contributed by atoms with Crippen LogP contribution in [0.1, 0.15) is 84.0 Å². The number of ether oxygens (including phenoxy) is 1. The average molecular weight is 410 g/mol. The molecule has 0 saturated carbocycles. The Kier molecular flexibility index (Phi) is 18.1. The Hall–Kier alpha value is 0.0300. The standard InChI is InChI=1S/C20H44NO5P/c1-5-6-7-8-9-10-11-12-13-14-15-16-17-25-20(18-21(2)3)19-26-27(22,23)24-4/h20H,5-19H2,1-4H3,(H,22,23). The summed E-state index contributed by atoms with van der Waals surface area (Å²) in [6.45, 7) is 3.61. The van der Waals surface area contributed by atoms with Gasteiger partial charge in [0.05, 0.1) is 12.7 Å². The minimum atomic E-state index is -3.94. The maximum Gasteiger partial charge on any atom is 0.472 e. The van der Waals surface area contributed by atoms with E-state index in [0.29, 0.717) is 13.2 Å². The van der Waals surface area contributed by atoms with Gasteiger partial charge in [-0.25, -0.2) is 4.57 Å². The molecule has 0 aromatic carbocycles. The van der Waals surface area contributed by atoms with Crippen molar-refractivity contribution < 1.29 is 23.2 Å². The number of phosphoric acid groups is 1. The van der Waals surface area contributed by atoms with Gasteiger partial charge in [0, 0.05) is 20.3 Å². The molecule has 0 heterocycles. The molecule has 0 aromatic rings. The summed E-state index contributed by atoms with van der Waals surface area (Å²) in [5, 5.41) is 0. The number of hydrogen-bond acceptors (Lipinski definition) is 5. The smallest absolute Gasteiger partial charge is 0.374 e. The molecule has 2 unspecified atom stereocenters. The van der Waals surface area contributed by atoms with Gasteiger partial charge in [0.25, 0.3) is 0 Å². The van der Waals surface area contributed by atoms with E-state index in [4.69, 9.17) is 9.26 Å². The SMILES string of the molecule is CCCCCCCCCCCCCCOC(COP(=O)(O)OC)CN(C)C. The van der Waals surface area contributed by atoms with Crippen molar-refractivity contribution in [1.29, 1.82) is 0 Å². The van der Waals surface area contributed by atoms with Gasteiger partial charge in [-0.3, -0.25) is 9.05 Å². The predicted octanol–water partition coefficient (Wildman–Crippen LogP) is 5.40. The van der Waals surface area contributed by atoms with Crippen molar-refractivity contribution in [1.82, 2.24) is 4.90 Å². The summed E-state index contributed by atoms with van der Waals surface area (Å²) >= 11 is 0. The Labute approximate surface area is 167 Å². The molecule has 0 spiro atoms. The van der Waals surface area contributed by atoms with Crippen molar-refractivity contribution in [3.63, 3.8) is 0 Å². The van der Waals surface area contributed by atoms with Gasteiger partial charge < -0.3 is 14.5 Å². The molecule has 0 aliphatic carbocycles. The highest BCUT2D eigenvalue weighted by Crippen LogP contribution is 2.42. The van der Waals surface area contributed by atoms with Crippen molar-refractivity contribution >= 4 is 7.82 Å². The zero-order valence-electron chi connectivity index (χ0n) is 18.2. The molecule has 0 radical (unpaired) electrons. The molecule has 0 bridgehead atoms. The number of unbranched alkanes of at least 4 members (excludes halogenated alkanes) is 11. The largest absolute Gasteiger partial charge is 0.472 e. The topological polar surface area (TPSA) is 68.2 Å². The molecule has 6 nitrogen and oxygen atoms in total. The van der Waals surface area contributed by atoms with Crippen LogP contribution in [0.15, 0.2) is 0 Å². The second kappa shape index (κ2) is 18.1. The second-order valence-electron chi connectivity index (χ2n) is 7.59. The van der Waals surface area contributed by atoms with Gasteiger partial charge in [-0.2, -0.15) is 0 Å². The monoisotopic (exact) mass is 409 g/mol. The Morgan fingerprint density at radius 2 is 1.37 bits per heavy atom. The van der Waals surface area contributed by atoms with Crippen molar-refractivity contribution in [3.8, 4) is 0 Å². The molecule has 0 aliphatic heterocycles. The van der Waals surface area contributed by atoms with Gasteiger partial charge in [-0.05, 0) is 20.5 Å². The van der Waals surface area contributed by atoms with Gasteiger partial charge in [-0.15, -0.1) is 0 Å². The Morgan fingerprint density at radius 1 is 0.889 bits per heavy atom. The molecule has 27 heavy (non-hydrogen) atoms. The summed E-state index contributed by atoms with van der Waals surface area (Å²) < 4.78 is 26.6. The predicted molar refractivity (Wildman–Crippen MR) is 112 cm³/mol. The van der Waals surface area contributed by atoms with E-state index in [2.05, 4.69) is 11.4 Å². The highest BCUT2D eigenvalue weighted by molar-refractivity contribution is 7.47. The number of hydrogen-bond donors (Lipinski definition) is 1. The lowest BCUT2D eigenvalue weighted by Crippen LogP contribution is -2.32. The Morgan fingerprint density at radius 3 is 1.81 bits per heavy atom. The van der Waals surface area contributed by atoms with E-state index in [-0.39, 0.29) is 12.7 Å². The molecule has 1 N–H and O–H groups in total. The van der Waals surface area contributed by atoms with E-state index in [9.17, 15) is 9.46 Å². The molecule has 0 amide bonds. The number of phosphoric ester groups is 1. The maximum atomic E-state index is 11.4. The highest BCUT2D eigenvalue weighted by atomic mass is 31.2. The number of nitrogens with zero attached hydrogens (tertiary/aromatic N) is 1. The van der Waals surface area contributed by atoms with E-state index >= 15 is 0 Å². The van der Waals surface area contributed by atoms with Crippen LogP contribution in [0.2, 0.25) is 0 Å². The molecular formula is C20H44NO5P. The molecular weight excluding hydrogens is 365 g/mol.